The normalized spacial score (nSPS) is 15.6. The summed E-state index contributed by atoms with van der Waals surface area (Å²) in [6, 6.07) is 8.49. The Morgan fingerprint density at radius 1 is 1.26 bits per heavy atom. The molecule has 1 saturated heterocycles. The average molecular weight is 261 g/mol. The van der Waals surface area contributed by atoms with Gasteiger partial charge in [0.1, 0.15) is 0 Å². The van der Waals surface area contributed by atoms with Gasteiger partial charge in [0.05, 0.1) is 0 Å². The topological polar surface area (TPSA) is 44.4 Å². The molecule has 1 fully saturated rings. The first-order valence-corrected chi connectivity index (χ1v) is 6.99. The number of urea groups is 1. The van der Waals surface area contributed by atoms with Gasteiger partial charge in [-0.15, -0.1) is 0 Å². The molecule has 2 rings (SSSR count). The van der Waals surface area contributed by atoms with Gasteiger partial charge in [0.15, 0.2) is 0 Å². The van der Waals surface area contributed by atoms with E-state index in [0.717, 1.165) is 31.7 Å². The van der Waals surface area contributed by atoms with E-state index in [4.69, 9.17) is 0 Å². The minimum Gasteiger partial charge on any atom is -0.334 e. The highest BCUT2D eigenvalue weighted by atomic mass is 16.2. The lowest BCUT2D eigenvalue weighted by Crippen LogP contribution is -2.50. The molecule has 0 atom stereocenters. The Balaban J connectivity index is 1.82. The molecule has 4 nitrogen and oxygen atoms in total. The summed E-state index contributed by atoms with van der Waals surface area (Å²) < 4.78 is 0. The lowest BCUT2D eigenvalue weighted by molar-refractivity contribution is 0.190. The first-order chi connectivity index (χ1) is 9.16. The van der Waals surface area contributed by atoms with E-state index in [9.17, 15) is 4.79 Å². The van der Waals surface area contributed by atoms with Gasteiger partial charge >= 0.3 is 6.03 Å². The third-order valence-corrected chi connectivity index (χ3v) is 3.49. The van der Waals surface area contributed by atoms with Crippen LogP contribution in [0.2, 0.25) is 0 Å². The van der Waals surface area contributed by atoms with Gasteiger partial charge in [0.25, 0.3) is 0 Å². The minimum absolute atomic E-state index is 0.0365. The van der Waals surface area contributed by atoms with E-state index < -0.39 is 0 Å². The van der Waals surface area contributed by atoms with E-state index in [1.165, 1.54) is 5.56 Å². The molecule has 1 heterocycles. The lowest BCUT2D eigenvalue weighted by Gasteiger charge is -2.27. The van der Waals surface area contributed by atoms with Crippen molar-refractivity contribution in [1.29, 1.82) is 0 Å². The summed E-state index contributed by atoms with van der Waals surface area (Å²) in [6.45, 7) is 8.31. The number of nitrogens with one attached hydrogen (secondary N) is 2. The summed E-state index contributed by atoms with van der Waals surface area (Å²) in [4.78, 5) is 13.8. The van der Waals surface area contributed by atoms with Crippen molar-refractivity contribution < 1.29 is 4.79 Å². The molecule has 0 saturated carbocycles. The number of carbonyl (C=O) groups is 1. The Labute approximate surface area is 115 Å². The third-order valence-electron chi connectivity index (χ3n) is 3.49. The Kier molecular flexibility index (Phi) is 4.80. The molecule has 0 bridgehead atoms. The van der Waals surface area contributed by atoms with Crippen molar-refractivity contribution in [3.05, 3.63) is 35.4 Å². The molecular formula is C15H23N3O. The van der Waals surface area contributed by atoms with Crippen molar-refractivity contribution >= 4 is 6.03 Å². The number of rotatable bonds is 3. The number of benzene rings is 1. The highest BCUT2D eigenvalue weighted by molar-refractivity contribution is 5.74. The third kappa shape index (κ3) is 3.96. The standard InChI is InChI=1S/C15H23N3O/c1-12(2)14-5-3-13(4-6-14)11-17-15(19)18-9-7-16-8-10-18/h3-6,12,16H,7-11H2,1-2H3,(H,17,19). The van der Waals surface area contributed by atoms with Gasteiger partial charge in [-0.25, -0.2) is 4.79 Å². The van der Waals surface area contributed by atoms with Crippen LogP contribution in [0.3, 0.4) is 0 Å². The summed E-state index contributed by atoms with van der Waals surface area (Å²) in [5.74, 6) is 0.546. The maximum atomic E-state index is 11.9. The van der Waals surface area contributed by atoms with E-state index in [-0.39, 0.29) is 6.03 Å². The SMILES string of the molecule is CC(C)c1ccc(CNC(=O)N2CCNCC2)cc1. The van der Waals surface area contributed by atoms with E-state index in [0.29, 0.717) is 12.5 Å². The summed E-state index contributed by atoms with van der Waals surface area (Å²) >= 11 is 0. The highest BCUT2D eigenvalue weighted by Crippen LogP contribution is 2.14. The molecule has 19 heavy (non-hydrogen) atoms. The predicted molar refractivity (Wildman–Crippen MR) is 77.2 cm³/mol. The number of hydrogen-bond acceptors (Lipinski definition) is 2. The Hall–Kier alpha value is -1.55. The minimum atomic E-state index is 0.0365. The van der Waals surface area contributed by atoms with E-state index >= 15 is 0 Å². The van der Waals surface area contributed by atoms with Crippen LogP contribution < -0.4 is 10.6 Å². The van der Waals surface area contributed by atoms with Crippen LogP contribution in [-0.4, -0.2) is 37.1 Å². The zero-order valence-corrected chi connectivity index (χ0v) is 11.8. The fraction of sp³-hybridized carbons (Fsp3) is 0.533. The van der Waals surface area contributed by atoms with Crippen molar-refractivity contribution in [3.8, 4) is 0 Å². The predicted octanol–water partition coefficient (Wildman–Crippen LogP) is 1.92. The molecule has 104 valence electrons. The largest absolute Gasteiger partial charge is 0.334 e. The van der Waals surface area contributed by atoms with Crippen LogP contribution in [0.1, 0.15) is 30.9 Å². The number of hydrogen-bond donors (Lipinski definition) is 2. The lowest BCUT2D eigenvalue weighted by atomic mass is 10.0. The second kappa shape index (κ2) is 6.57. The summed E-state index contributed by atoms with van der Waals surface area (Å²) in [6.07, 6.45) is 0. The molecular weight excluding hydrogens is 238 g/mol. The fourth-order valence-electron chi connectivity index (χ4n) is 2.18. The van der Waals surface area contributed by atoms with Crippen LogP contribution in [0.15, 0.2) is 24.3 Å². The number of piperazine rings is 1. The molecule has 0 aliphatic carbocycles. The Morgan fingerprint density at radius 2 is 1.89 bits per heavy atom. The van der Waals surface area contributed by atoms with Gasteiger partial charge in [-0.2, -0.15) is 0 Å². The number of carbonyl (C=O) groups excluding carboxylic acids is 1. The Bertz CT molecular complexity index is 408. The van der Waals surface area contributed by atoms with Crippen LogP contribution in [-0.2, 0) is 6.54 Å². The van der Waals surface area contributed by atoms with E-state index in [1.54, 1.807) is 0 Å². The van der Waals surface area contributed by atoms with Gasteiger partial charge in [0.2, 0.25) is 0 Å². The molecule has 1 aliphatic rings. The van der Waals surface area contributed by atoms with Gasteiger partial charge in [-0.1, -0.05) is 38.1 Å². The summed E-state index contributed by atoms with van der Waals surface area (Å²) in [7, 11) is 0. The molecule has 1 aromatic carbocycles. The van der Waals surface area contributed by atoms with Crippen molar-refractivity contribution in [2.75, 3.05) is 26.2 Å². The van der Waals surface area contributed by atoms with Crippen LogP contribution >= 0.6 is 0 Å². The maximum Gasteiger partial charge on any atom is 0.317 e. The number of amides is 2. The van der Waals surface area contributed by atoms with Crippen LogP contribution in [0.4, 0.5) is 4.79 Å². The zero-order chi connectivity index (χ0) is 13.7. The fourth-order valence-corrected chi connectivity index (χ4v) is 2.18. The van der Waals surface area contributed by atoms with Crippen LogP contribution in [0, 0.1) is 0 Å². The van der Waals surface area contributed by atoms with E-state index in [1.807, 2.05) is 4.90 Å². The second-order valence-corrected chi connectivity index (χ2v) is 5.29. The molecule has 2 N–H and O–H groups in total. The second-order valence-electron chi connectivity index (χ2n) is 5.29. The zero-order valence-electron chi connectivity index (χ0n) is 11.8. The molecule has 4 heteroatoms. The van der Waals surface area contributed by atoms with Crippen molar-refractivity contribution in [3.63, 3.8) is 0 Å². The quantitative estimate of drug-likeness (QED) is 0.873. The van der Waals surface area contributed by atoms with Gasteiger partial charge in [-0.05, 0) is 17.0 Å². The summed E-state index contributed by atoms with van der Waals surface area (Å²) in [5, 5.41) is 6.22. The molecule has 0 aromatic heterocycles. The smallest absolute Gasteiger partial charge is 0.317 e. The van der Waals surface area contributed by atoms with Gasteiger partial charge < -0.3 is 15.5 Å². The summed E-state index contributed by atoms with van der Waals surface area (Å²) in [5.41, 5.74) is 2.48. The molecule has 1 aromatic rings. The molecule has 2 amide bonds. The first kappa shape index (κ1) is 13.9. The van der Waals surface area contributed by atoms with E-state index in [2.05, 4.69) is 48.7 Å². The van der Waals surface area contributed by atoms with Gasteiger partial charge in [-0.3, -0.25) is 0 Å². The molecule has 0 unspecified atom stereocenters. The van der Waals surface area contributed by atoms with Crippen molar-refractivity contribution in [1.82, 2.24) is 15.5 Å². The monoisotopic (exact) mass is 261 g/mol. The van der Waals surface area contributed by atoms with Crippen molar-refractivity contribution in [2.45, 2.75) is 26.3 Å². The Morgan fingerprint density at radius 3 is 2.47 bits per heavy atom. The number of nitrogens with zero attached hydrogens (tertiary/aromatic N) is 1. The molecule has 1 aliphatic heterocycles. The average Bonchev–Trinajstić information content (AvgIpc) is 2.46. The van der Waals surface area contributed by atoms with Crippen LogP contribution in [0.5, 0.6) is 0 Å². The first-order valence-electron chi connectivity index (χ1n) is 6.99. The molecule has 0 radical (unpaired) electrons. The van der Waals surface area contributed by atoms with Gasteiger partial charge in [0, 0.05) is 32.7 Å². The molecule has 0 spiro atoms. The van der Waals surface area contributed by atoms with Crippen molar-refractivity contribution in [2.24, 2.45) is 0 Å². The highest BCUT2D eigenvalue weighted by Gasteiger charge is 2.15. The maximum absolute atomic E-state index is 11.9. The van der Waals surface area contributed by atoms with Crippen LogP contribution in [0.25, 0.3) is 0 Å².